The first-order chi connectivity index (χ1) is 8.04. The number of carbonyl (C=O) groups excluding carboxylic acids is 1. The highest BCUT2D eigenvalue weighted by atomic mass is 35.5. The summed E-state index contributed by atoms with van der Waals surface area (Å²) < 4.78 is 0. The monoisotopic (exact) mass is 254 g/mol. The van der Waals surface area contributed by atoms with Crippen molar-refractivity contribution in [3.63, 3.8) is 0 Å². The van der Waals surface area contributed by atoms with Gasteiger partial charge in [0.2, 0.25) is 5.91 Å². The molecule has 17 heavy (non-hydrogen) atoms. The maximum atomic E-state index is 11.8. The van der Waals surface area contributed by atoms with Crippen LogP contribution in [0.25, 0.3) is 0 Å². The van der Waals surface area contributed by atoms with Crippen LogP contribution in [0.3, 0.4) is 0 Å². The van der Waals surface area contributed by atoms with E-state index in [2.05, 4.69) is 5.32 Å². The van der Waals surface area contributed by atoms with E-state index in [9.17, 15) is 4.79 Å². The lowest BCUT2D eigenvalue weighted by Crippen LogP contribution is -2.37. The van der Waals surface area contributed by atoms with Gasteiger partial charge in [0.05, 0.1) is 5.92 Å². The highest BCUT2D eigenvalue weighted by Gasteiger charge is 2.19. The number of hydrogen-bond donors (Lipinski definition) is 2. The summed E-state index contributed by atoms with van der Waals surface area (Å²) in [5.74, 6) is 0.143. The molecule has 1 atom stereocenters. The molecule has 0 fully saturated rings. The third kappa shape index (κ3) is 4.36. The number of nitrogens with one attached hydrogen (secondary N) is 1. The van der Waals surface area contributed by atoms with Crippen molar-refractivity contribution in [2.45, 2.75) is 20.4 Å². The molecule has 1 unspecified atom stereocenters. The molecule has 0 radical (unpaired) electrons. The normalized spacial score (nSPS) is 12.5. The van der Waals surface area contributed by atoms with Crippen LogP contribution in [0.4, 0.5) is 0 Å². The Kier molecular flexibility index (Phi) is 5.45. The molecule has 94 valence electrons. The highest BCUT2D eigenvalue weighted by Crippen LogP contribution is 2.11. The molecule has 0 bridgehead atoms. The molecule has 0 aliphatic heterocycles. The number of benzene rings is 1. The molecular formula is C13H19ClN2O. The molecule has 1 amide bonds. The molecule has 0 spiro atoms. The number of rotatable bonds is 5. The molecule has 3 N–H and O–H groups in total. The van der Waals surface area contributed by atoms with Crippen LogP contribution in [0.1, 0.15) is 19.4 Å². The Morgan fingerprint density at radius 1 is 1.35 bits per heavy atom. The summed E-state index contributed by atoms with van der Waals surface area (Å²) in [5, 5.41) is 3.59. The Balaban J connectivity index is 2.50. The van der Waals surface area contributed by atoms with Gasteiger partial charge in [-0.3, -0.25) is 4.79 Å². The first kappa shape index (κ1) is 14.0. The minimum atomic E-state index is -0.123. The van der Waals surface area contributed by atoms with Crippen molar-refractivity contribution in [3.05, 3.63) is 34.9 Å². The number of halogens is 1. The predicted molar refractivity (Wildman–Crippen MR) is 70.7 cm³/mol. The summed E-state index contributed by atoms with van der Waals surface area (Å²) in [6.07, 6.45) is 0. The Hall–Kier alpha value is -1.06. The van der Waals surface area contributed by atoms with E-state index in [-0.39, 0.29) is 17.7 Å². The molecule has 0 heterocycles. The molecule has 0 aliphatic rings. The van der Waals surface area contributed by atoms with Gasteiger partial charge in [0.25, 0.3) is 0 Å². The van der Waals surface area contributed by atoms with Gasteiger partial charge in [-0.05, 0) is 23.6 Å². The van der Waals surface area contributed by atoms with Crippen molar-refractivity contribution < 1.29 is 4.79 Å². The Morgan fingerprint density at radius 3 is 2.41 bits per heavy atom. The van der Waals surface area contributed by atoms with Gasteiger partial charge in [0.15, 0.2) is 0 Å². The number of hydrogen-bond acceptors (Lipinski definition) is 2. The summed E-state index contributed by atoms with van der Waals surface area (Å²) in [6, 6.07) is 7.42. The van der Waals surface area contributed by atoms with Gasteiger partial charge >= 0.3 is 0 Å². The van der Waals surface area contributed by atoms with Crippen LogP contribution < -0.4 is 11.1 Å². The van der Waals surface area contributed by atoms with Crippen molar-refractivity contribution in [1.82, 2.24) is 5.32 Å². The van der Waals surface area contributed by atoms with Crippen molar-refractivity contribution in [2.24, 2.45) is 17.6 Å². The van der Waals surface area contributed by atoms with E-state index < -0.39 is 0 Å². The van der Waals surface area contributed by atoms with Crippen LogP contribution >= 0.6 is 11.6 Å². The fourth-order valence-electron chi connectivity index (χ4n) is 1.60. The number of carbonyl (C=O) groups is 1. The van der Waals surface area contributed by atoms with Gasteiger partial charge in [0.1, 0.15) is 0 Å². The Labute approximate surface area is 107 Å². The zero-order valence-corrected chi connectivity index (χ0v) is 11.0. The number of nitrogens with two attached hydrogens (primary N) is 1. The zero-order valence-electron chi connectivity index (χ0n) is 10.2. The second-order valence-corrected chi connectivity index (χ2v) is 4.87. The fraction of sp³-hybridized carbons (Fsp3) is 0.462. The van der Waals surface area contributed by atoms with Gasteiger partial charge in [-0.25, -0.2) is 0 Å². The van der Waals surface area contributed by atoms with Crippen molar-refractivity contribution in [2.75, 3.05) is 6.54 Å². The molecule has 0 aromatic heterocycles. The molecule has 0 aliphatic carbocycles. The number of amides is 1. The molecule has 0 saturated heterocycles. The van der Waals surface area contributed by atoms with Crippen LogP contribution in [-0.4, -0.2) is 12.5 Å². The average molecular weight is 255 g/mol. The third-order valence-electron chi connectivity index (χ3n) is 2.78. The summed E-state index contributed by atoms with van der Waals surface area (Å²) >= 11 is 5.78. The molecule has 1 aromatic rings. The van der Waals surface area contributed by atoms with Crippen LogP contribution in [0.5, 0.6) is 0 Å². The minimum absolute atomic E-state index is 0.0115. The average Bonchev–Trinajstić information content (AvgIpc) is 2.28. The SMILES string of the molecule is CC(C)C(CN)C(=O)NCc1ccc(Cl)cc1. The molecule has 1 aromatic carbocycles. The summed E-state index contributed by atoms with van der Waals surface area (Å²) in [7, 11) is 0. The van der Waals surface area contributed by atoms with E-state index in [1.54, 1.807) is 0 Å². The van der Waals surface area contributed by atoms with E-state index in [4.69, 9.17) is 17.3 Å². The van der Waals surface area contributed by atoms with E-state index in [1.807, 2.05) is 38.1 Å². The molecular weight excluding hydrogens is 236 g/mol. The summed E-state index contributed by atoms with van der Waals surface area (Å²) in [6.45, 7) is 4.89. The first-order valence-corrected chi connectivity index (χ1v) is 6.14. The predicted octanol–water partition coefficient (Wildman–Crippen LogP) is 2.19. The smallest absolute Gasteiger partial charge is 0.224 e. The Bertz CT molecular complexity index is 362. The van der Waals surface area contributed by atoms with Crippen LogP contribution in [0, 0.1) is 11.8 Å². The maximum absolute atomic E-state index is 11.8. The highest BCUT2D eigenvalue weighted by molar-refractivity contribution is 6.30. The third-order valence-corrected chi connectivity index (χ3v) is 3.03. The summed E-state index contributed by atoms with van der Waals surface area (Å²) in [5.41, 5.74) is 6.62. The molecule has 4 heteroatoms. The summed E-state index contributed by atoms with van der Waals surface area (Å²) in [4.78, 5) is 11.8. The lowest BCUT2D eigenvalue weighted by molar-refractivity contribution is -0.126. The fourth-order valence-corrected chi connectivity index (χ4v) is 1.73. The van der Waals surface area contributed by atoms with Crippen LogP contribution in [-0.2, 0) is 11.3 Å². The second-order valence-electron chi connectivity index (χ2n) is 4.43. The standard InChI is InChI=1S/C13H19ClN2O/c1-9(2)12(7-15)13(17)16-8-10-3-5-11(14)6-4-10/h3-6,9,12H,7-8,15H2,1-2H3,(H,16,17). The van der Waals surface area contributed by atoms with E-state index in [0.717, 1.165) is 5.56 Å². The zero-order chi connectivity index (χ0) is 12.8. The lowest BCUT2D eigenvalue weighted by atomic mass is 9.95. The minimum Gasteiger partial charge on any atom is -0.352 e. The maximum Gasteiger partial charge on any atom is 0.224 e. The van der Waals surface area contributed by atoms with Crippen molar-refractivity contribution >= 4 is 17.5 Å². The van der Waals surface area contributed by atoms with Crippen molar-refractivity contribution in [1.29, 1.82) is 0 Å². The van der Waals surface area contributed by atoms with Gasteiger partial charge in [-0.2, -0.15) is 0 Å². The van der Waals surface area contributed by atoms with Crippen LogP contribution in [0.2, 0.25) is 5.02 Å². The Morgan fingerprint density at radius 2 is 1.94 bits per heavy atom. The second kappa shape index (κ2) is 6.62. The quantitative estimate of drug-likeness (QED) is 0.846. The van der Waals surface area contributed by atoms with E-state index >= 15 is 0 Å². The van der Waals surface area contributed by atoms with Crippen molar-refractivity contribution in [3.8, 4) is 0 Å². The first-order valence-electron chi connectivity index (χ1n) is 5.76. The largest absolute Gasteiger partial charge is 0.352 e. The molecule has 1 rings (SSSR count). The van der Waals surface area contributed by atoms with Gasteiger partial charge in [-0.1, -0.05) is 37.6 Å². The van der Waals surface area contributed by atoms with E-state index in [1.165, 1.54) is 0 Å². The van der Waals surface area contributed by atoms with E-state index in [0.29, 0.717) is 18.1 Å². The topological polar surface area (TPSA) is 55.1 Å². The lowest BCUT2D eigenvalue weighted by Gasteiger charge is -2.18. The molecule has 3 nitrogen and oxygen atoms in total. The van der Waals surface area contributed by atoms with Gasteiger partial charge < -0.3 is 11.1 Å². The molecule has 0 saturated carbocycles. The van der Waals surface area contributed by atoms with Crippen LogP contribution in [0.15, 0.2) is 24.3 Å². The van der Waals surface area contributed by atoms with Gasteiger partial charge in [-0.15, -0.1) is 0 Å². The van der Waals surface area contributed by atoms with Gasteiger partial charge in [0, 0.05) is 18.1 Å².